The molecule has 2 unspecified atom stereocenters. The third kappa shape index (κ3) is 2.79. The van der Waals surface area contributed by atoms with Crippen LogP contribution < -0.4 is 5.32 Å². The second-order valence-electron chi connectivity index (χ2n) is 5.42. The fourth-order valence-electron chi connectivity index (χ4n) is 2.56. The summed E-state index contributed by atoms with van der Waals surface area (Å²) in [6.45, 7) is 1.80. The van der Waals surface area contributed by atoms with Crippen molar-refractivity contribution in [3.05, 3.63) is 65.2 Å². The molecule has 0 heterocycles. The van der Waals surface area contributed by atoms with Crippen LogP contribution in [-0.4, -0.2) is 5.91 Å². The van der Waals surface area contributed by atoms with Gasteiger partial charge in [-0.2, -0.15) is 0 Å². The van der Waals surface area contributed by atoms with Gasteiger partial charge in [-0.15, -0.1) is 0 Å². The maximum atomic E-state index is 13.7. The Bertz CT molecular complexity index is 699. The quantitative estimate of drug-likeness (QED) is 0.907. The molecule has 2 nitrogen and oxygen atoms in total. The maximum Gasteiger partial charge on any atom is 0.228 e. The van der Waals surface area contributed by atoms with Gasteiger partial charge < -0.3 is 5.32 Å². The molecule has 0 bridgehead atoms. The summed E-state index contributed by atoms with van der Waals surface area (Å²) in [6.07, 6.45) is 0.626. The van der Waals surface area contributed by atoms with Crippen molar-refractivity contribution >= 4 is 11.6 Å². The van der Waals surface area contributed by atoms with E-state index in [-0.39, 0.29) is 23.6 Å². The summed E-state index contributed by atoms with van der Waals surface area (Å²) in [5, 5.41) is 2.73. The fraction of sp³-hybridized carbons (Fsp3) is 0.235. The van der Waals surface area contributed by atoms with E-state index >= 15 is 0 Å². The molecule has 2 aromatic carbocycles. The SMILES string of the molecule is Cc1ccc(F)cc1NC(=O)C1CC1c1ccccc1F. The molecule has 0 aromatic heterocycles. The Balaban J connectivity index is 1.71. The van der Waals surface area contributed by atoms with Crippen LogP contribution in [0, 0.1) is 24.5 Å². The molecule has 21 heavy (non-hydrogen) atoms. The van der Waals surface area contributed by atoms with Gasteiger partial charge >= 0.3 is 0 Å². The van der Waals surface area contributed by atoms with Crippen LogP contribution in [0.1, 0.15) is 23.5 Å². The molecule has 2 aromatic rings. The number of carbonyl (C=O) groups excluding carboxylic acids is 1. The number of benzene rings is 2. The van der Waals surface area contributed by atoms with Gasteiger partial charge in [-0.1, -0.05) is 24.3 Å². The molecule has 4 heteroatoms. The first-order chi connectivity index (χ1) is 10.1. The van der Waals surface area contributed by atoms with E-state index in [0.29, 0.717) is 17.7 Å². The third-order valence-corrected chi connectivity index (χ3v) is 3.89. The van der Waals surface area contributed by atoms with Crippen molar-refractivity contribution in [2.45, 2.75) is 19.3 Å². The average Bonchev–Trinajstić information content (AvgIpc) is 3.24. The number of anilines is 1. The summed E-state index contributed by atoms with van der Waals surface area (Å²) >= 11 is 0. The Morgan fingerprint density at radius 1 is 1.19 bits per heavy atom. The van der Waals surface area contributed by atoms with Gasteiger partial charge in [0.15, 0.2) is 0 Å². The molecule has 0 saturated heterocycles. The predicted molar refractivity (Wildman–Crippen MR) is 77.0 cm³/mol. The summed E-state index contributed by atoms with van der Waals surface area (Å²) in [7, 11) is 0. The fourth-order valence-corrected chi connectivity index (χ4v) is 2.56. The molecule has 1 aliphatic rings. The van der Waals surface area contributed by atoms with Crippen LogP contribution in [0.2, 0.25) is 0 Å². The monoisotopic (exact) mass is 287 g/mol. The molecule has 1 aliphatic carbocycles. The minimum Gasteiger partial charge on any atom is -0.325 e. The number of aryl methyl sites for hydroxylation is 1. The largest absolute Gasteiger partial charge is 0.325 e. The molecule has 0 spiro atoms. The summed E-state index contributed by atoms with van der Waals surface area (Å²) in [6, 6.07) is 10.8. The lowest BCUT2D eigenvalue weighted by atomic mass is 10.1. The van der Waals surface area contributed by atoms with E-state index in [9.17, 15) is 13.6 Å². The van der Waals surface area contributed by atoms with E-state index in [0.717, 1.165) is 5.56 Å². The van der Waals surface area contributed by atoms with Gasteiger partial charge in [0, 0.05) is 11.6 Å². The van der Waals surface area contributed by atoms with Crippen molar-refractivity contribution in [1.82, 2.24) is 0 Å². The molecular formula is C17H15F2NO. The van der Waals surface area contributed by atoms with E-state index in [1.54, 1.807) is 31.2 Å². The van der Waals surface area contributed by atoms with Crippen LogP contribution in [-0.2, 0) is 4.79 Å². The highest BCUT2D eigenvalue weighted by atomic mass is 19.1. The molecule has 1 fully saturated rings. The number of carbonyl (C=O) groups is 1. The van der Waals surface area contributed by atoms with Crippen LogP contribution in [0.3, 0.4) is 0 Å². The summed E-state index contributed by atoms with van der Waals surface area (Å²) in [5.74, 6) is -1.18. The molecular weight excluding hydrogens is 272 g/mol. The minimum absolute atomic E-state index is 0.0833. The first-order valence-corrected chi connectivity index (χ1v) is 6.87. The third-order valence-electron chi connectivity index (χ3n) is 3.89. The van der Waals surface area contributed by atoms with E-state index in [1.807, 2.05) is 0 Å². The Labute approximate surface area is 121 Å². The lowest BCUT2D eigenvalue weighted by Gasteiger charge is -2.08. The minimum atomic E-state index is -0.391. The number of halogens is 2. The van der Waals surface area contributed by atoms with Gasteiger partial charge in [0.1, 0.15) is 11.6 Å². The lowest BCUT2D eigenvalue weighted by Crippen LogP contribution is -2.15. The first kappa shape index (κ1) is 13.7. The molecule has 1 amide bonds. The van der Waals surface area contributed by atoms with Gasteiger partial charge in [0.05, 0.1) is 0 Å². The first-order valence-electron chi connectivity index (χ1n) is 6.87. The van der Waals surface area contributed by atoms with E-state index < -0.39 is 5.82 Å². The zero-order valence-electron chi connectivity index (χ0n) is 11.6. The summed E-state index contributed by atoms with van der Waals surface area (Å²) < 4.78 is 26.9. The standard InChI is InChI=1S/C17H15F2NO/c1-10-6-7-11(18)8-16(10)20-17(21)14-9-13(14)12-4-2-3-5-15(12)19/h2-8,13-14H,9H2,1H3,(H,20,21). The number of hydrogen-bond acceptors (Lipinski definition) is 1. The van der Waals surface area contributed by atoms with Crippen molar-refractivity contribution < 1.29 is 13.6 Å². The van der Waals surface area contributed by atoms with Gasteiger partial charge in [-0.05, 0) is 48.6 Å². The van der Waals surface area contributed by atoms with Crippen LogP contribution in [0.15, 0.2) is 42.5 Å². The van der Waals surface area contributed by atoms with Gasteiger partial charge in [-0.25, -0.2) is 8.78 Å². The molecule has 2 atom stereocenters. The second kappa shape index (κ2) is 5.28. The van der Waals surface area contributed by atoms with E-state index in [4.69, 9.17) is 0 Å². The Kier molecular flexibility index (Phi) is 3.45. The average molecular weight is 287 g/mol. The number of hydrogen-bond donors (Lipinski definition) is 1. The van der Waals surface area contributed by atoms with Crippen molar-refractivity contribution in [3.63, 3.8) is 0 Å². The molecule has 0 radical (unpaired) electrons. The van der Waals surface area contributed by atoms with Gasteiger partial charge in [0.25, 0.3) is 0 Å². The van der Waals surface area contributed by atoms with Gasteiger partial charge in [0.2, 0.25) is 5.91 Å². The number of rotatable bonds is 3. The highest BCUT2D eigenvalue weighted by Crippen LogP contribution is 2.48. The van der Waals surface area contributed by atoms with Crippen molar-refractivity contribution in [2.24, 2.45) is 5.92 Å². The number of nitrogens with one attached hydrogen (secondary N) is 1. The lowest BCUT2D eigenvalue weighted by molar-refractivity contribution is -0.117. The normalized spacial score (nSPS) is 20.1. The Morgan fingerprint density at radius 2 is 1.95 bits per heavy atom. The molecule has 108 valence electrons. The molecule has 1 saturated carbocycles. The molecule has 1 N–H and O–H groups in total. The van der Waals surface area contributed by atoms with Crippen molar-refractivity contribution in [1.29, 1.82) is 0 Å². The second-order valence-corrected chi connectivity index (χ2v) is 5.42. The van der Waals surface area contributed by atoms with E-state index in [1.165, 1.54) is 18.2 Å². The Hall–Kier alpha value is -2.23. The van der Waals surface area contributed by atoms with Gasteiger partial charge in [-0.3, -0.25) is 4.79 Å². The molecule has 3 rings (SSSR count). The van der Waals surface area contributed by atoms with Crippen LogP contribution in [0.4, 0.5) is 14.5 Å². The topological polar surface area (TPSA) is 29.1 Å². The van der Waals surface area contributed by atoms with Crippen molar-refractivity contribution in [2.75, 3.05) is 5.32 Å². The van der Waals surface area contributed by atoms with Crippen molar-refractivity contribution in [3.8, 4) is 0 Å². The van der Waals surface area contributed by atoms with Crippen LogP contribution in [0.25, 0.3) is 0 Å². The zero-order chi connectivity index (χ0) is 15.0. The number of amides is 1. The summed E-state index contributed by atoms with van der Waals surface area (Å²) in [4.78, 5) is 12.2. The van der Waals surface area contributed by atoms with Crippen LogP contribution >= 0.6 is 0 Å². The zero-order valence-corrected chi connectivity index (χ0v) is 11.6. The Morgan fingerprint density at radius 3 is 2.71 bits per heavy atom. The highest BCUT2D eigenvalue weighted by Gasteiger charge is 2.45. The predicted octanol–water partition coefficient (Wildman–Crippen LogP) is 4.02. The summed E-state index contributed by atoms with van der Waals surface area (Å²) in [5.41, 5.74) is 1.85. The molecule has 0 aliphatic heterocycles. The highest BCUT2D eigenvalue weighted by molar-refractivity contribution is 5.95. The maximum absolute atomic E-state index is 13.7. The van der Waals surface area contributed by atoms with Crippen LogP contribution in [0.5, 0.6) is 0 Å². The van der Waals surface area contributed by atoms with E-state index in [2.05, 4.69) is 5.32 Å². The smallest absolute Gasteiger partial charge is 0.228 e.